The molecule has 1 amide bonds. The van der Waals surface area contributed by atoms with E-state index in [0.717, 1.165) is 0 Å². The molecule has 9 heteroatoms. The monoisotopic (exact) mass is 507 g/mol. The first-order valence-corrected chi connectivity index (χ1v) is 7.49. The summed E-state index contributed by atoms with van der Waals surface area (Å²) in [5.74, 6) is -1.81. The van der Waals surface area contributed by atoms with Gasteiger partial charge in [-0.3, -0.25) is 9.59 Å². The Hall–Kier alpha value is -0.120. The molecule has 98 valence electrons. The van der Waals surface area contributed by atoms with Gasteiger partial charge in [-0.15, -0.1) is 0 Å². The molecule has 0 aromatic heterocycles. The van der Waals surface area contributed by atoms with Crippen LogP contribution < -0.4 is 5.32 Å². The van der Waals surface area contributed by atoms with E-state index >= 15 is 0 Å². The summed E-state index contributed by atoms with van der Waals surface area (Å²) in [6.07, 6.45) is 0. The molecule has 0 fully saturated rings. The van der Waals surface area contributed by atoms with Gasteiger partial charge in [0, 0.05) is 8.95 Å². The van der Waals surface area contributed by atoms with Gasteiger partial charge in [-0.1, -0.05) is 0 Å². The topological polar surface area (TPSA) is 86.6 Å². The van der Waals surface area contributed by atoms with Crippen molar-refractivity contribution in [1.29, 1.82) is 0 Å². The predicted octanol–water partition coefficient (Wildman–Crippen LogP) is 3.26. The molecule has 3 N–H and O–H groups in total. The van der Waals surface area contributed by atoms with E-state index in [1.807, 2.05) is 0 Å². The van der Waals surface area contributed by atoms with Gasteiger partial charge < -0.3 is 15.5 Å². The lowest BCUT2D eigenvalue weighted by Crippen LogP contribution is -2.29. The fourth-order valence-electron chi connectivity index (χ4n) is 1.06. The lowest BCUT2D eigenvalue weighted by Gasteiger charge is -2.12. The van der Waals surface area contributed by atoms with Gasteiger partial charge >= 0.3 is 5.97 Å². The van der Waals surface area contributed by atoms with E-state index in [-0.39, 0.29) is 20.3 Å². The van der Waals surface area contributed by atoms with Crippen molar-refractivity contribution in [3.05, 3.63) is 23.5 Å². The van der Waals surface area contributed by atoms with Gasteiger partial charge in [0.1, 0.15) is 12.3 Å². The summed E-state index contributed by atoms with van der Waals surface area (Å²) < 4.78 is 1.21. The van der Waals surface area contributed by atoms with Gasteiger partial charge in [-0.05, 0) is 63.7 Å². The average molecular weight is 511 g/mol. The highest BCUT2D eigenvalue weighted by Crippen LogP contribution is 2.45. The maximum Gasteiger partial charge on any atom is 0.322 e. The van der Waals surface area contributed by atoms with Crippen LogP contribution in [0.15, 0.2) is 17.9 Å². The molecule has 0 saturated carbocycles. The zero-order chi connectivity index (χ0) is 14.0. The molecule has 0 aliphatic carbocycles. The number of amides is 1. The molecule has 18 heavy (non-hydrogen) atoms. The summed E-state index contributed by atoms with van der Waals surface area (Å²) in [5.41, 5.74) is 0.174. The number of aromatic hydroxyl groups is 1. The van der Waals surface area contributed by atoms with Crippen molar-refractivity contribution in [3.8, 4) is 5.75 Å². The molecular formula is C9H5Br4NO4. The first-order valence-electron chi connectivity index (χ1n) is 4.32. The van der Waals surface area contributed by atoms with E-state index in [1.54, 1.807) is 0 Å². The van der Waals surface area contributed by atoms with Crippen LogP contribution in [0.1, 0.15) is 10.4 Å². The number of carboxylic acid groups (broad SMARTS) is 1. The second-order valence-corrected chi connectivity index (χ2v) is 6.23. The second-order valence-electron chi connectivity index (χ2n) is 3.06. The largest absolute Gasteiger partial charge is 0.505 e. The Bertz CT molecular complexity index is 503. The quantitative estimate of drug-likeness (QED) is 0.545. The highest BCUT2D eigenvalue weighted by molar-refractivity contribution is 9.14. The molecule has 0 aliphatic heterocycles. The number of phenolic OH excluding ortho intramolecular Hbond substituents is 1. The van der Waals surface area contributed by atoms with Crippen LogP contribution in [0.4, 0.5) is 0 Å². The molecule has 0 unspecified atom stereocenters. The third-order valence-electron chi connectivity index (χ3n) is 1.87. The summed E-state index contributed by atoms with van der Waals surface area (Å²) in [4.78, 5) is 22.2. The number of carboxylic acids is 1. The number of nitrogens with one attached hydrogen (secondary N) is 1. The van der Waals surface area contributed by atoms with Crippen LogP contribution in [0.5, 0.6) is 5.75 Å². The van der Waals surface area contributed by atoms with Gasteiger partial charge in [0.25, 0.3) is 5.91 Å². The van der Waals surface area contributed by atoms with Crippen molar-refractivity contribution in [3.63, 3.8) is 0 Å². The molecule has 0 bridgehead atoms. The van der Waals surface area contributed by atoms with E-state index in [9.17, 15) is 14.7 Å². The Kier molecular flexibility index (Phi) is 5.63. The van der Waals surface area contributed by atoms with Crippen LogP contribution in [0.2, 0.25) is 0 Å². The highest BCUT2D eigenvalue weighted by atomic mass is 79.9. The number of benzene rings is 1. The predicted molar refractivity (Wildman–Crippen MR) is 78.9 cm³/mol. The smallest absolute Gasteiger partial charge is 0.322 e. The molecule has 0 saturated heterocycles. The number of phenols is 1. The Morgan fingerprint density at radius 1 is 1.00 bits per heavy atom. The fourth-order valence-corrected chi connectivity index (χ4v) is 3.52. The maximum absolute atomic E-state index is 11.8. The van der Waals surface area contributed by atoms with Crippen LogP contribution >= 0.6 is 63.7 Å². The minimum Gasteiger partial charge on any atom is -0.505 e. The van der Waals surface area contributed by atoms with E-state index in [0.29, 0.717) is 8.95 Å². The number of carbonyl (C=O) groups excluding carboxylic acids is 1. The molecule has 1 aromatic carbocycles. The first-order chi connectivity index (χ1) is 8.27. The summed E-state index contributed by atoms with van der Waals surface area (Å²) in [6, 6.07) is 0. The number of aliphatic carboxylic acids is 1. The van der Waals surface area contributed by atoms with Crippen molar-refractivity contribution in [2.75, 3.05) is 6.54 Å². The minimum atomic E-state index is -1.15. The molecule has 1 aromatic rings. The van der Waals surface area contributed by atoms with E-state index < -0.39 is 18.4 Å². The number of carbonyl (C=O) groups is 2. The van der Waals surface area contributed by atoms with Crippen molar-refractivity contribution in [1.82, 2.24) is 5.32 Å². The molecule has 0 aliphatic rings. The van der Waals surface area contributed by atoms with Crippen molar-refractivity contribution in [2.24, 2.45) is 0 Å². The Morgan fingerprint density at radius 2 is 1.44 bits per heavy atom. The number of halogens is 4. The minimum absolute atomic E-state index is 0.0801. The van der Waals surface area contributed by atoms with Gasteiger partial charge in [0.2, 0.25) is 0 Å². The van der Waals surface area contributed by atoms with E-state index in [4.69, 9.17) is 5.11 Å². The van der Waals surface area contributed by atoms with Gasteiger partial charge in [-0.25, -0.2) is 0 Å². The lowest BCUT2D eigenvalue weighted by atomic mass is 10.2. The molecule has 0 spiro atoms. The van der Waals surface area contributed by atoms with Crippen LogP contribution in [0, 0.1) is 0 Å². The van der Waals surface area contributed by atoms with Crippen LogP contribution in [0.25, 0.3) is 0 Å². The van der Waals surface area contributed by atoms with Crippen molar-refractivity contribution >= 4 is 75.6 Å². The summed E-state index contributed by atoms with van der Waals surface area (Å²) in [7, 11) is 0. The van der Waals surface area contributed by atoms with Crippen LogP contribution in [0.3, 0.4) is 0 Å². The number of rotatable bonds is 3. The zero-order valence-electron chi connectivity index (χ0n) is 8.43. The van der Waals surface area contributed by atoms with Gasteiger partial charge in [0.05, 0.1) is 14.5 Å². The van der Waals surface area contributed by atoms with E-state index in [2.05, 4.69) is 69.0 Å². The standard InChI is InChI=1S/C9H5Br4NO4/c10-4-3(9(18)14-1-2(15)16)5(11)7(13)8(17)6(4)12/h17H,1H2,(H,14,18)(H,15,16). The van der Waals surface area contributed by atoms with Crippen LogP contribution in [-0.2, 0) is 4.79 Å². The third kappa shape index (κ3) is 3.25. The van der Waals surface area contributed by atoms with Crippen molar-refractivity contribution in [2.45, 2.75) is 0 Å². The molecular weight excluding hydrogens is 506 g/mol. The molecule has 0 atom stereocenters. The summed E-state index contributed by atoms with van der Waals surface area (Å²) in [5, 5.41) is 20.4. The molecule has 1 rings (SSSR count). The molecule has 5 nitrogen and oxygen atoms in total. The Labute approximate surface area is 135 Å². The Balaban J connectivity index is 3.24. The lowest BCUT2D eigenvalue weighted by molar-refractivity contribution is -0.135. The summed E-state index contributed by atoms with van der Waals surface area (Å²) in [6.45, 7) is -0.492. The number of hydrogen-bond acceptors (Lipinski definition) is 3. The first kappa shape index (κ1) is 15.9. The molecule has 0 radical (unpaired) electrons. The third-order valence-corrected chi connectivity index (χ3v) is 6.06. The summed E-state index contributed by atoms with van der Waals surface area (Å²) >= 11 is 12.6. The van der Waals surface area contributed by atoms with Gasteiger partial charge in [-0.2, -0.15) is 0 Å². The van der Waals surface area contributed by atoms with E-state index in [1.165, 1.54) is 0 Å². The highest BCUT2D eigenvalue weighted by Gasteiger charge is 2.23. The SMILES string of the molecule is O=C(O)CNC(=O)c1c(Br)c(Br)c(O)c(Br)c1Br. The maximum atomic E-state index is 11.8. The van der Waals surface area contributed by atoms with Crippen LogP contribution in [-0.4, -0.2) is 28.6 Å². The normalized spacial score (nSPS) is 10.2. The average Bonchev–Trinajstić information content (AvgIpc) is 2.31. The second kappa shape index (κ2) is 6.36. The number of hydrogen-bond donors (Lipinski definition) is 3. The Morgan fingerprint density at radius 3 is 1.83 bits per heavy atom. The molecule has 0 heterocycles. The van der Waals surface area contributed by atoms with Gasteiger partial charge in [0.15, 0.2) is 0 Å². The fraction of sp³-hybridized carbons (Fsp3) is 0.111. The van der Waals surface area contributed by atoms with Crippen molar-refractivity contribution < 1.29 is 19.8 Å². The zero-order valence-corrected chi connectivity index (χ0v) is 14.8.